The Hall–Kier alpha value is -1.55. The van der Waals surface area contributed by atoms with Crippen LogP contribution in [-0.4, -0.2) is 25.8 Å². The highest BCUT2D eigenvalue weighted by molar-refractivity contribution is 5.70. The maximum Gasteiger partial charge on any atom is 0.305 e. The van der Waals surface area contributed by atoms with Crippen molar-refractivity contribution in [3.8, 4) is 0 Å². The van der Waals surface area contributed by atoms with Gasteiger partial charge < -0.3 is 10.1 Å². The van der Waals surface area contributed by atoms with Crippen LogP contribution in [0.1, 0.15) is 12.8 Å². The lowest BCUT2D eigenvalue weighted by Gasteiger charge is -2.05. The third kappa shape index (κ3) is 5.69. The highest BCUT2D eigenvalue weighted by Gasteiger charge is 2.07. The number of methoxy groups -OCH3 is 1. The Kier molecular flexibility index (Phi) is 6.27. The first kappa shape index (κ1) is 11.4. The number of hydrogen-bond donors (Lipinski definition) is 1. The van der Waals surface area contributed by atoms with Gasteiger partial charge in [0.1, 0.15) is 0 Å². The number of azide groups is 1. The van der Waals surface area contributed by atoms with Gasteiger partial charge in [0.05, 0.1) is 7.11 Å². The van der Waals surface area contributed by atoms with Crippen LogP contribution >= 0.6 is 0 Å². The van der Waals surface area contributed by atoms with Gasteiger partial charge in [-0.3, -0.25) is 4.79 Å². The van der Waals surface area contributed by atoms with Crippen molar-refractivity contribution >= 4 is 12.2 Å². The summed E-state index contributed by atoms with van der Waals surface area (Å²) in [6.07, 6.45) is 1.91. The predicted octanol–water partition coefficient (Wildman–Crippen LogP) is 1.52. The fourth-order valence-corrected chi connectivity index (χ4v) is 0.774. The third-order valence-electron chi connectivity index (χ3n) is 1.56. The second kappa shape index (κ2) is 7.12. The number of carbonyl (C=O) groups excluding carboxylic acids is 1. The lowest BCUT2D eigenvalue weighted by Crippen LogP contribution is -2.09. The summed E-state index contributed by atoms with van der Waals surface area (Å²) in [4.78, 5) is 13.3. The van der Waals surface area contributed by atoms with Crippen LogP contribution in [0.15, 0.2) is 5.11 Å². The lowest BCUT2D eigenvalue weighted by atomic mass is 10.1. The molecule has 0 aliphatic carbocycles. The Labute approximate surface area is 76.0 Å². The van der Waals surface area contributed by atoms with Crippen molar-refractivity contribution in [2.45, 2.75) is 12.8 Å². The van der Waals surface area contributed by atoms with Gasteiger partial charge in [0.2, 0.25) is 0 Å². The molecule has 0 amide bonds. The van der Waals surface area contributed by atoms with E-state index in [0.717, 1.165) is 0 Å². The van der Waals surface area contributed by atoms with Gasteiger partial charge in [0.15, 0.2) is 0 Å². The van der Waals surface area contributed by atoms with Crippen LogP contribution in [-0.2, 0) is 9.53 Å². The highest BCUT2D eigenvalue weighted by Crippen LogP contribution is 2.05. The molecule has 0 radical (unpaired) electrons. The van der Waals surface area contributed by atoms with Crippen molar-refractivity contribution in [2.75, 3.05) is 13.7 Å². The first-order chi connectivity index (χ1) is 6.24. The quantitative estimate of drug-likeness (QED) is 0.222. The first-order valence-corrected chi connectivity index (χ1v) is 3.82. The van der Waals surface area contributed by atoms with Crippen LogP contribution in [0.3, 0.4) is 0 Å². The predicted molar refractivity (Wildman–Crippen MR) is 47.5 cm³/mol. The number of nitrogens with one attached hydrogen (secondary N) is 1. The van der Waals surface area contributed by atoms with Gasteiger partial charge in [-0.25, -0.2) is 0 Å². The van der Waals surface area contributed by atoms with Crippen LogP contribution < -0.4 is 0 Å². The Morgan fingerprint density at radius 1 is 1.85 bits per heavy atom. The van der Waals surface area contributed by atoms with Gasteiger partial charge >= 0.3 is 5.97 Å². The minimum atomic E-state index is -0.312. The number of esters is 1. The lowest BCUT2D eigenvalue weighted by molar-refractivity contribution is -0.140. The summed E-state index contributed by atoms with van der Waals surface area (Å²) >= 11 is 0. The van der Waals surface area contributed by atoms with E-state index in [-0.39, 0.29) is 24.9 Å². The normalized spacial score (nSPS) is 11.2. The third-order valence-corrected chi connectivity index (χ3v) is 1.56. The molecule has 0 bridgehead atoms. The fraction of sp³-hybridized carbons (Fsp3) is 0.714. The molecule has 0 aliphatic rings. The number of carbonyl (C=O) groups is 1. The summed E-state index contributed by atoms with van der Waals surface area (Å²) in [5.41, 5.74) is 8.03. The minimum Gasteiger partial charge on any atom is -0.469 e. The van der Waals surface area contributed by atoms with E-state index in [9.17, 15) is 4.79 Å². The molecule has 72 valence electrons. The van der Waals surface area contributed by atoms with E-state index in [4.69, 9.17) is 10.9 Å². The van der Waals surface area contributed by atoms with E-state index in [2.05, 4.69) is 14.8 Å². The second-order valence-electron chi connectivity index (χ2n) is 2.45. The number of hydrogen-bond acceptors (Lipinski definition) is 4. The summed E-state index contributed by atoms with van der Waals surface area (Å²) < 4.78 is 4.43. The van der Waals surface area contributed by atoms with Gasteiger partial charge in [-0.15, -0.1) is 0 Å². The van der Waals surface area contributed by atoms with Crippen LogP contribution in [0.2, 0.25) is 0 Å². The zero-order valence-corrected chi connectivity index (χ0v) is 7.43. The van der Waals surface area contributed by atoms with Crippen LogP contribution in [0.25, 0.3) is 10.4 Å². The van der Waals surface area contributed by atoms with Crippen molar-refractivity contribution in [3.05, 3.63) is 10.4 Å². The van der Waals surface area contributed by atoms with Crippen LogP contribution in [0, 0.1) is 11.3 Å². The molecule has 0 aromatic heterocycles. The molecule has 1 N–H and O–H groups in total. The molecule has 1 unspecified atom stereocenters. The molecular formula is C7H12N4O2. The van der Waals surface area contributed by atoms with E-state index in [1.165, 1.54) is 13.3 Å². The van der Waals surface area contributed by atoms with Crippen molar-refractivity contribution in [1.82, 2.24) is 0 Å². The highest BCUT2D eigenvalue weighted by atomic mass is 16.5. The zero-order chi connectivity index (χ0) is 10.1. The van der Waals surface area contributed by atoms with Gasteiger partial charge in [-0.2, -0.15) is 0 Å². The molecule has 0 aromatic carbocycles. The molecule has 0 fully saturated rings. The van der Waals surface area contributed by atoms with Gasteiger partial charge in [0.25, 0.3) is 0 Å². The molecule has 0 spiro atoms. The first-order valence-electron chi connectivity index (χ1n) is 3.82. The SMILES string of the molecule is COC(=O)CCC(C=N)CN=[N+]=[N-]. The molecule has 0 saturated heterocycles. The number of ether oxygens (including phenoxy) is 1. The summed E-state index contributed by atoms with van der Waals surface area (Å²) in [5, 5.41) is 10.3. The van der Waals surface area contributed by atoms with Crippen molar-refractivity contribution in [3.63, 3.8) is 0 Å². The topological polar surface area (TPSA) is 98.9 Å². The molecule has 6 nitrogen and oxygen atoms in total. The molecule has 13 heavy (non-hydrogen) atoms. The Bertz CT molecular complexity index is 223. The second-order valence-corrected chi connectivity index (χ2v) is 2.45. The summed E-state index contributed by atoms with van der Waals surface area (Å²) in [6, 6.07) is 0. The Morgan fingerprint density at radius 2 is 2.54 bits per heavy atom. The average Bonchev–Trinajstić information content (AvgIpc) is 2.17. The minimum absolute atomic E-state index is 0.171. The van der Waals surface area contributed by atoms with E-state index in [0.29, 0.717) is 6.42 Å². The Balaban J connectivity index is 3.77. The van der Waals surface area contributed by atoms with Gasteiger partial charge in [-0.05, 0) is 24.1 Å². The van der Waals surface area contributed by atoms with Gasteiger partial charge in [0, 0.05) is 17.9 Å². The van der Waals surface area contributed by atoms with E-state index in [1.807, 2.05) is 0 Å². The monoisotopic (exact) mass is 184 g/mol. The molecule has 0 aliphatic heterocycles. The molecule has 0 rings (SSSR count). The maximum atomic E-state index is 10.7. The molecule has 0 aromatic rings. The molecule has 6 heteroatoms. The number of rotatable bonds is 6. The molecule has 0 heterocycles. The summed E-state index contributed by atoms with van der Waals surface area (Å²) in [7, 11) is 1.31. The molecule has 1 atom stereocenters. The van der Waals surface area contributed by atoms with Crippen molar-refractivity contribution < 1.29 is 9.53 Å². The zero-order valence-electron chi connectivity index (χ0n) is 7.43. The standard InChI is InChI=1S/C7H12N4O2/c1-13-7(12)3-2-6(4-8)5-10-11-9/h4,6,8H,2-3,5H2,1H3. The Morgan fingerprint density at radius 3 is 3.00 bits per heavy atom. The van der Waals surface area contributed by atoms with E-state index < -0.39 is 0 Å². The van der Waals surface area contributed by atoms with Gasteiger partial charge in [-0.1, -0.05) is 5.11 Å². The summed E-state index contributed by atoms with van der Waals surface area (Å²) in [6.45, 7) is 0.219. The fourth-order valence-electron chi connectivity index (χ4n) is 0.774. The largest absolute Gasteiger partial charge is 0.469 e. The molecule has 0 saturated carbocycles. The van der Waals surface area contributed by atoms with Crippen LogP contribution in [0.5, 0.6) is 0 Å². The van der Waals surface area contributed by atoms with Crippen LogP contribution in [0.4, 0.5) is 0 Å². The average molecular weight is 184 g/mol. The maximum absolute atomic E-state index is 10.7. The van der Waals surface area contributed by atoms with E-state index >= 15 is 0 Å². The summed E-state index contributed by atoms with van der Waals surface area (Å²) in [5.74, 6) is -0.484. The van der Waals surface area contributed by atoms with E-state index in [1.54, 1.807) is 0 Å². The smallest absolute Gasteiger partial charge is 0.305 e. The number of nitrogens with zero attached hydrogens (tertiary/aromatic N) is 3. The molecular weight excluding hydrogens is 172 g/mol. The van der Waals surface area contributed by atoms with Crippen molar-refractivity contribution in [2.24, 2.45) is 11.0 Å². The van der Waals surface area contributed by atoms with Crippen molar-refractivity contribution in [1.29, 1.82) is 5.41 Å².